The fourth-order valence-corrected chi connectivity index (χ4v) is 3.01. The van der Waals surface area contributed by atoms with Crippen LogP contribution in [0.25, 0.3) is 11.1 Å². The quantitative estimate of drug-likeness (QED) is 0.554. The number of hydrogen-bond donors (Lipinski definition) is 0. The Kier molecular flexibility index (Phi) is 4.66. The lowest BCUT2D eigenvalue weighted by atomic mass is 10.0. The molecule has 0 amide bonds. The summed E-state index contributed by atoms with van der Waals surface area (Å²) in [6, 6.07) is 8.09. The first-order chi connectivity index (χ1) is 9.71. The van der Waals surface area contributed by atoms with Crippen molar-refractivity contribution in [1.82, 2.24) is 0 Å². The lowest BCUT2D eigenvalue weighted by Gasteiger charge is -2.14. The Balaban J connectivity index is 2.69. The van der Waals surface area contributed by atoms with E-state index in [0.29, 0.717) is 10.0 Å². The molecule has 21 heavy (non-hydrogen) atoms. The molecule has 2 aromatic rings. The van der Waals surface area contributed by atoms with Gasteiger partial charge in [0.25, 0.3) is 5.24 Å². The molecule has 0 atom stereocenters. The minimum Gasteiger partial charge on any atom is -0.276 e. The second-order valence-electron chi connectivity index (χ2n) is 4.14. The third-order valence-corrected chi connectivity index (χ3v) is 4.05. The van der Waals surface area contributed by atoms with Crippen molar-refractivity contribution in [2.24, 2.45) is 0 Å². The van der Waals surface area contributed by atoms with E-state index in [9.17, 15) is 18.0 Å². The van der Waals surface area contributed by atoms with Crippen molar-refractivity contribution in [3.8, 4) is 11.1 Å². The fraction of sp³-hybridized carbons (Fsp3) is 0.0714. The summed E-state index contributed by atoms with van der Waals surface area (Å²) in [5.41, 5.74) is -0.241. The van der Waals surface area contributed by atoms with Crippen molar-refractivity contribution in [3.05, 3.63) is 57.0 Å². The average molecular weight is 398 g/mol. The summed E-state index contributed by atoms with van der Waals surface area (Å²) in [5, 5.41) is -1.13. The largest absolute Gasteiger partial charge is 0.417 e. The van der Waals surface area contributed by atoms with Gasteiger partial charge in [0.15, 0.2) is 0 Å². The van der Waals surface area contributed by atoms with E-state index in [1.165, 1.54) is 24.3 Å². The van der Waals surface area contributed by atoms with Crippen molar-refractivity contribution < 1.29 is 18.0 Å². The smallest absolute Gasteiger partial charge is 0.276 e. The molecule has 0 heterocycles. The van der Waals surface area contributed by atoms with Gasteiger partial charge in [-0.25, -0.2) is 0 Å². The maximum atomic E-state index is 12.9. The van der Waals surface area contributed by atoms with E-state index >= 15 is 0 Å². The summed E-state index contributed by atoms with van der Waals surface area (Å²) >= 11 is 14.5. The lowest BCUT2D eigenvalue weighted by Crippen LogP contribution is -2.06. The van der Waals surface area contributed by atoms with Crippen molar-refractivity contribution in [3.63, 3.8) is 0 Å². The molecule has 0 aliphatic heterocycles. The van der Waals surface area contributed by atoms with Crippen LogP contribution in [0, 0.1) is 0 Å². The van der Waals surface area contributed by atoms with Crippen LogP contribution in [-0.4, -0.2) is 5.24 Å². The number of halogens is 6. The zero-order valence-corrected chi connectivity index (χ0v) is 13.2. The van der Waals surface area contributed by atoms with Gasteiger partial charge in [0, 0.05) is 15.6 Å². The molecule has 0 radical (unpaired) electrons. The predicted octanol–water partition coefficient (Wildman–Crippen LogP) is 6.17. The van der Waals surface area contributed by atoms with Crippen LogP contribution >= 0.6 is 39.1 Å². The average Bonchev–Trinajstić information content (AvgIpc) is 2.37. The Hall–Kier alpha value is -1.04. The monoisotopic (exact) mass is 396 g/mol. The molecule has 7 heteroatoms. The van der Waals surface area contributed by atoms with E-state index in [4.69, 9.17) is 23.2 Å². The van der Waals surface area contributed by atoms with Crippen LogP contribution in [0.5, 0.6) is 0 Å². The van der Waals surface area contributed by atoms with Crippen LogP contribution in [0.15, 0.2) is 40.9 Å². The SMILES string of the molecule is O=C(Cl)c1cccc(-c2c(Br)ccc(C(F)(F)F)c2Cl)c1. The van der Waals surface area contributed by atoms with Crippen molar-refractivity contribution in [2.75, 3.05) is 0 Å². The molecule has 0 saturated heterocycles. The second kappa shape index (κ2) is 5.99. The summed E-state index contributed by atoms with van der Waals surface area (Å²) in [4.78, 5) is 11.2. The van der Waals surface area contributed by atoms with Gasteiger partial charge in [0.05, 0.1) is 10.6 Å². The maximum Gasteiger partial charge on any atom is 0.417 e. The third-order valence-electron chi connectivity index (χ3n) is 2.77. The molecule has 0 bridgehead atoms. The number of carbonyl (C=O) groups is 1. The number of rotatable bonds is 2. The van der Waals surface area contributed by atoms with E-state index in [-0.39, 0.29) is 11.1 Å². The van der Waals surface area contributed by atoms with Crippen LogP contribution in [0.2, 0.25) is 5.02 Å². The Labute approximate surface area is 136 Å². The summed E-state index contributed by atoms with van der Waals surface area (Å²) in [6.07, 6.45) is -4.56. The summed E-state index contributed by atoms with van der Waals surface area (Å²) in [5.74, 6) is 0. The Morgan fingerprint density at radius 3 is 2.38 bits per heavy atom. The normalized spacial score (nSPS) is 11.5. The highest BCUT2D eigenvalue weighted by Crippen LogP contribution is 2.43. The minimum absolute atomic E-state index is 0.159. The lowest BCUT2D eigenvalue weighted by molar-refractivity contribution is -0.137. The van der Waals surface area contributed by atoms with Crippen molar-refractivity contribution >= 4 is 44.4 Å². The van der Waals surface area contributed by atoms with Crippen molar-refractivity contribution in [1.29, 1.82) is 0 Å². The van der Waals surface area contributed by atoms with Gasteiger partial charge in [-0.05, 0) is 35.4 Å². The molecule has 0 spiro atoms. The second-order valence-corrected chi connectivity index (χ2v) is 5.71. The van der Waals surface area contributed by atoms with Crippen molar-refractivity contribution in [2.45, 2.75) is 6.18 Å². The third kappa shape index (κ3) is 3.42. The van der Waals surface area contributed by atoms with Crippen LogP contribution in [0.4, 0.5) is 13.2 Å². The first-order valence-corrected chi connectivity index (χ1v) is 7.12. The zero-order valence-electron chi connectivity index (χ0n) is 10.1. The van der Waals surface area contributed by atoms with Crippen LogP contribution in [-0.2, 0) is 6.18 Å². The van der Waals surface area contributed by atoms with Crippen LogP contribution in [0.3, 0.4) is 0 Å². The molecule has 0 N–H and O–H groups in total. The van der Waals surface area contributed by atoms with Gasteiger partial charge in [0.2, 0.25) is 0 Å². The van der Waals surface area contributed by atoms with Crippen LogP contribution < -0.4 is 0 Å². The fourth-order valence-electron chi connectivity index (χ4n) is 1.83. The first-order valence-electron chi connectivity index (χ1n) is 5.57. The molecule has 0 fully saturated rings. The molecular weight excluding hydrogens is 392 g/mol. The van der Waals surface area contributed by atoms with E-state index < -0.39 is 22.0 Å². The molecule has 110 valence electrons. The molecule has 0 unspecified atom stereocenters. The molecule has 1 nitrogen and oxygen atoms in total. The standard InChI is InChI=1S/C14H6BrCl2F3O/c15-10-5-4-9(14(18,19)20)12(16)11(10)7-2-1-3-8(6-7)13(17)21/h1-6H. The van der Waals surface area contributed by atoms with Crippen LogP contribution in [0.1, 0.15) is 15.9 Å². The maximum absolute atomic E-state index is 12.9. The highest BCUT2D eigenvalue weighted by Gasteiger charge is 2.34. The molecule has 0 saturated carbocycles. The molecule has 0 aromatic heterocycles. The highest BCUT2D eigenvalue weighted by atomic mass is 79.9. The Morgan fingerprint density at radius 1 is 1.14 bits per heavy atom. The summed E-state index contributed by atoms with van der Waals surface area (Å²) in [7, 11) is 0. The number of benzene rings is 2. The molecule has 2 rings (SSSR count). The number of hydrogen-bond acceptors (Lipinski definition) is 1. The number of carbonyl (C=O) groups excluding carboxylic acids is 1. The van der Waals surface area contributed by atoms with Gasteiger partial charge in [0.1, 0.15) is 0 Å². The van der Waals surface area contributed by atoms with E-state index in [0.717, 1.165) is 6.07 Å². The summed E-state index contributed by atoms with van der Waals surface area (Å²) < 4.78 is 39.1. The summed E-state index contributed by atoms with van der Waals surface area (Å²) in [6.45, 7) is 0. The molecule has 2 aromatic carbocycles. The van der Waals surface area contributed by atoms with E-state index in [1.54, 1.807) is 6.07 Å². The minimum atomic E-state index is -4.56. The molecule has 0 aliphatic rings. The highest BCUT2D eigenvalue weighted by molar-refractivity contribution is 9.10. The zero-order chi connectivity index (χ0) is 15.8. The number of alkyl halides is 3. The first kappa shape index (κ1) is 16.3. The van der Waals surface area contributed by atoms with Gasteiger partial charge in [-0.15, -0.1) is 0 Å². The van der Waals surface area contributed by atoms with Gasteiger partial charge >= 0.3 is 6.18 Å². The molecular formula is C14H6BrCl2F3O. The Bertz CT molecular complexity index is 714. The molecule has 0 aliphatic carbocycles. The van der Waals surface area contributed by atoms with Gasteiger partial charge in [-0.3, -0.25) is 4.79 Å². The van der Waals surface area contributed by atoms with Gasteiger partial charge in [-0.2, -0.15) is 13.2 Å². The van der Waals surface area contributed by atoms with Gasteiger partial charge < -0.3 is 0 Å². The topological polar surface area (TPSA) is 17.1 Å². The predicted molar refractivity (Wildman–Crippen MR) is 79.8 cm³/mol. The Morgan fingerprint density at radius 2 is 1.81 bits per heavy atom. The van der Waals surface area contributed by atoms with E-state index in [1.807, 2.05) is 0 Å². The van der Waals surface area contributed by atoms with E-state index in [2.05, 4.69) is 15.9 Å². The van der Waals surface area contributed by atoms with Gasteiger partial charge in [-0.1, -0.05) is 45.7 Å².